The molecule has 0 saturated heterocycles. The number of benzene rings is 1. The average Bonchev–Trinajstić information content (AvgIpc) is 2.05. The number of rotatable bonds is 0. The molecule has 0 spiro atoms. The summed E-state index contributed by atoms with van der Waals surface area (Å²) in [6.45, 7) is 2.03. The summed E-state index contributed by atoms with van der Waals surface area (Å²) in [5, 5.41) is 0. The lowest BCUT2D eigenvalue weighted by atomic mass is 10.0. The van der Waals surface area contributed by atoms with E-state index >= 15 is 0 Å². The summed E-state index contributed by atoms with van der Waals surface area (Å²) in [4.78, 5) is 0. The molecule has 0 atom stereocenters. The van der Waals surface area contributed by atoms with Gasteiger partial charge in [0.25, 0.3) is 0 Å². The Balaban J connectivity index is 2.48. The fourth-order valence-corrected chi connectivity index (χ4v) is 3.13. The third-order valence-electron chi connectivity index (χ3n) is 2.42. The SMILES string of the molecule is Cc1ccc2c(c1)CCS(=O)(=O)C2. The molecule has 0 fully saturated rings. The zero-order valence-electron chi connectivity index (χ0n) is 7.58. The Kier molecular flexibility index (Phi) is 1.91. The van der Waals surface area contributed by atoms with E-state index in [1.807, 2.05) is 19.1 Å². The normalized spacial score (nSPS) is 19.5. The van der Waals surface area contributed by atoms with E-state index in [0.717, 1.165) is 5.56 Å². The summed E-state index contributed by atoms with van der Waals surface area (Å²) in [6, 6.07) is 5.99. The van der Waals surface area contributed by atoms with E-state index in [2.05, 4.69) is 6.07 Å². The second-order valence-corrected chi connectivity index (χ2v) is 5.80. The van der Waals surface area contributed by atoms with Crippen LogP contribution in [0.5, 0.6) is 0 Å². The van der Waals surface area contributed by atoms with Gasteiger partial charge in [-0.1, -0.05) is 23.8 Å². The lowest BCUT2D eigenvalue weighted by Gasteiger charge is -2.16. The Morgan fingerprint density at radius 2 is 2.00 bits per heavy atom. The number of hydrogen-bond donors (Lipinski definition) is 0. The van der Waals surface area contributed by atoms with E-state index < -0.39 is 9.84 Å². The third kappa shape index (κ3) is 1.75. The predicted octanol–water partition coefficient (Wildman–Crippen LogP) is 1.47. The van der Waals surface area contributed by atoms with Crippen LogP contribution < -0.4 is 0 Å². The van der Waals surface area contributed by atoms with Gasteiger partial charge in [-0.15, -0.1) is 0 Å². The summed E-state index contributed by atoms with van der Waals surface area (Å²) in [6.07, 6.45) is 0.680. The Morgan fingerprint density at radius 1 is 1.23 bits per heavy atom. The van der Waals surface area contributed by atoms with Gasteiger partial charge in [0.1, 0.15) is 0 Å². The first-order valence-electron chi connectivity index (χ1n) is 4.36. The van der Waals surface area contributed by atoms with Crippen molar-refractivity contribution < 1.29 is 8.42 Å². The van der Waals surface area contributed by atoms with Gasteiger partial charge in [-0.2, -0.15) is 0 Å². The molecule has 1 aromatic carbocycles. The second kappa shape index (κ2) is 2.84. The minimum atomic E-state index is -2.81. The molecule has 0 saturated carbocycles. The first-order chi connectivity index (χ1) is 6.07. The van der Waals surface area contributed by atoms with Crippen LogP contribution in [-0.4, -0.2) is 14.2 Å². The zero-order valence-corrected chi connectivity index (χ0v) is 8.39. The van der Waals surface area contributed by atoms with Crippen molar-refractivity contribution in [3.63, 3.8) is 0 Å². The quantitative estimate of drug-likeness (QED) is 0.629. The van der Waals surface area contributed by atoms with Crippen molar-refractivity contribution in [2.24, 2.45) is 0 Å². The van der Waals surface area contributed by atoms with Crippen LogP contribution in [0.4, 0.5) is 0 Å². The van der Waals surface area contributed by atoms with Crippen LogP contribution in [0.25, 0.3) is 0 Å². The molecular formula is C10H12O2S. The highest BCUT2D eigenvalue weighted by Gasteiger charge is 2.20. The molecule has 3 heteroatoms. The molecule has 2 nitrogen and oxygen atoms in total. The maximum Gasteiger partial charge on any atom is 0.154 e. The van der Waals surface area contributed by atoms with Gasteiger partial charge in [-0.05, 0) is 24.5 Å². The van der Waals surface area contributed by atoms with Crippen LogP contribution in [0, 0.1) is 6.92 Å². The molecule has 1 heterocycles. The molecule has 13 heavy (non-hydrogen) atoms. The van der Waals surface area contributed by atoms with E-state index in [4.69, 9.17) is 0 Å². The average molecular weight is 196 g/mol. The molecule has 2 rings (SSSR count). The van der Waals surface area contributed by atoms with Crippen molar-refractivity contribution in [3.05, 3.63) is 34.9 Å². The molecule has 1 aliphatic rings. The van der Waals surface area contributed by atoms with Crippen LogP contribution in [0.1, 0.15) is 16.7 Å². The largest absolute Gasteiger partial charge is 0.228 e. The fourth-order valence-electron chi connectivity index (χ4n) is 1.70. The summed E-state index contributed by atoms with van der Waals surface area (Å²) < 4.78 is 22.6. The lowest BCUT2D eigenvalue weighted by molar-refractivity contribution is 0.591. The Hall–Kier alpha value is -0.830. The van der Waals surface area contributed by atoms with Crippen LogP contribution in [-0.2, 0) is 22.0 Å². The molecule has 0 bridgehead atoms. The Morgan fingerprint density at radius 3 is 2.77 bits per heavy atom. The number of fused-ring (bicyclic) bond motifs is 1. The highest BCUT2D eigenvalue weighted by Crippen LogP contribution is 2.21. The van der Waals surface area contributed by atoms with Crippen LogP contribution in [0.3, 0.4) is 0 Å². The van der Waals surface area contributed by atoms with Crippen LogP contribution in [0.2, 0.25) is 0 Å². The molecule has 1 aliphatic heterocycles. The molecule has 0 aliphatic carbocycles. The topological polar surface area (TPSA) is 34.1 Å². The number of aryl methyl sites for hydroxylation is 2. The minimum Gasteiger partial charge on any atom is -0.228 e. The molecular weight excluding hydrogens is 184 g/mol. The zero-order chi connectivity index (χ0) is 9.47. The molecule has 70 valence electrons. The van der Waals surface area contributed by atoms with E-state index in [1.54, 1.807) is 0 Å². The molecule has 0 N–H and O–H groups in total. The van der Waals surface area contributed by atoms with Crippen molar-refractivity contribution in [2.75, 3.05) is 5.75 Å². The standard InChI is InChI=1S/C10H12O2S/c1-8-2-3-10-7-13(11,12)5-4-9(10)6-8/h2-3,6H,4-5,7H2,1H3. The Labute approximate surface area is 78.5 Å². The van der Waals surface area contributed by atoms with E-state index in [0.29, 0.717) is 12.2 Å². The minimum absolute atomic E-state index is 0.225. The van der Waals surface area contributed by atoms with E-state index in [1.165, 1.54) is 11.1 Å². The van der Waals surface area contributed by atoms with Crippen LogP contribution in [0.15, 0.2) is 18.2 Å². The summed E-state index contributed by atoms with van der Waals surface area (Å²) in [5.74, 6) is 0.534. The van der Waals surface area contributed by atoms with Gasteiger partial charge >= 0.3 is 0 Å². The number of sulfone groups is 1. The van der Waals surface area contributed by atoms with E-state index in [9.17, 15) is 8.42 Å². The molecule has 0 radical (unpaired) electrons. The van der Waals surface area contributed by atoms with Gasteiger partial charge in [0.15, 0.2) is 9.84 Å². The van der Waals surface area contributed by atoms with Crippen molar-refractivity contribution in [1.29, 1.82) is 0 Å². The van der Waals surface area contributed by atoms with Crippen molar-refractivity contribution >= 4 is 9.84 Å². The number of hydrogen-bond acceptors (Lipinski definition) is 2. The summed E-state index contributed by atoms with van der Waals surface area (Å²) >= 11 is 0. The highest BCUT2D eigenvalue weighted by atomic mass is 32.2. The molecule has 0 unspecified atom stereocenters. The van der Waals surface area contributed by atoms with E-state index in [-0.39, 0.29) is 5.75 Å². The predicted molar refractivity (Wildman–Crippen MR) is 52.4 cm³/mol. The van der Waals surface area contributed by atoms with Gasteiger partial charge in [-0.25, -0.2) is 8.42 Å². The van der Waals surface area contributed by atoms with Crippen molar-refractivity contribution in [1.82, 2.24) is 0 Å². The Bertz CT molecular complexity index is 432. The smallest absolute Gasteiger partial charge is 0.154 e. The summed E-state index contributed by atoms with van der Waals surface area (Å²) in [5.41, 5.74) is 3.39. The van der Waals surface area contributed by atoms with Crippen molar-refractivity contribution in [3.8, 4) is 0 Å². The summed E-state index contributed by atoms with van der Waals surface area (Å²) in [7, 11) is -2.81. The van der Waals surface area contributed by atoms with Gasteiger partial charge in [0.05, 0.1) is 11.5 Å². The molecule has 1 aromatic rings. The van der Waals surface area contributed by atoms with Gasteiger partial charge in [0.2, 0.25) is 0 Å². The van der Waals surface area contributed by atoms with Crippen molar-refractivity contribution in [2.45, 2.75) is 19.1 Å². The highest BCUT2D eigenvalue weighted by molar-refractivity contribution is 7.90. The fraction of sp³-hybridized carbons (Fsp3) is 0.400. The maximum absolute atomic E-state index is 11.3. The third-order valence-corrected chi connectivity index (χ3v) is 4.00. The molecule has 0 amide bonds. The second-order valence-electron chi connectivity index (χ2n) is 3.61. The first kappa shape index (κ1) is 8.75. The van der Waals surface area contributed by atoms with Crippen LogP contribution >= 0.6 is 0 Å². The first-order valence-corrected chi connectivity index (χ1v) is 6.18. The lowest BCUT2D eigenvalue weighted by Crippen LogP contribution is -2.18. The maximum atomic E-state index is 11.3. The van der Waals surface area contributed by atoms with Gasteiger partial charge < -0.3 is 0 Å². The van der Waals surface area contributed by atoms with Gasteiger partial charge in [0, 0.05) is 0 Å². The van der Waals surface area contributed by atoms with Gasteiger partial charge in [-0.3, -0.25) is 0 Å². The molecule has 0 aromatic heterocycles. The monoisotopic (exact) mass is 196 g/mol.